The zero-order chi connectivity index (χ0) is 15.9. The van der Waals surface area contributed by atoms with Gasteiger partial charge in [-0.05, 0) is 35.4 Å². The molecule has 1 heterocycles. The van der Waals surface area contributed by atoms with Gasteiger partial charge in [-0.15, -0.1) is 0 Å². The van der Waals surface area contributed by atoms with Crippen LogP contribution in [-0.4, -0.2) is 18.6 Å². The van der Waals surface area contributed by atoms with E-state index in [0.29, 0.717) is 11.3 Å². The first-order valence-electron chi connectivity index (χ1n) is 6.29. The van der Waals surface area contributed by atoms with Gasteiger partial charge in [-0.2, -0.15) is 8.42 Å². The summed E-state index contributed by atoms with van der Waals surface area (Å²) in [6, 6.07) is 11.6. The van der Waals surface area contributed by atoms with Crippen LogP contribution < -0.4 is 14.8 Å². The fourth-order valence-electron chi connectivity index (χ4n) is 2.18. The summed E-state index contributed by atoms with van der Waals surface area (Å²) in [5, 5.41) is 19.3. The second-order valence-corrected chi connectivity index (χ2v) is 6.29. The van der Waals surface area contributed by atoms with E-state index in [9.17, 15) is 18.6 Å². The topological polar surface area (TPSA) is 116 Å². The van der Waals surface area contributed by atoms with Gasteiger partial charge in [0.1, 0.15) is 11.4 Å². The van der Waals surface area contributed by atoms with Crippen LogP contribution in [0.2, 0.25) is 0 Å². The Morgan fingerprint density at radius 1 is 1.05 bits per heavy atom. The number of aliphatic hydroxyl groups excluding tert-OH is 1. The maximum atomic E-state index is 11.9. The highest BCUT2D eigenvalue weighted by Gasteiger charge is 2.30. The molecular formula is C14H13N3O4S. The van der Waals surface area contributed by atoms with Gasteiger partial charge in [0.25, 0.3) is 0 Å². The minimum atomic E-state index is -3.96. The lowest BCUT2D eigenvalue weighted by molar-refractivity contribution is 0.392. The van der Waals surface area contributed by atoms with Crippen molar-refractivity contribution in [3.63, 3.8) is 0 Å². The molecule has 0 saturated heterocycles. The summed E-state index contributed by atoms with van der Waals surface area (Å²) in [6.07, 6.45) is 0.980. The number of phenols is 1. The summed E-state index contributed by atoms with van der Waals surface area (Å²) in [7, 11) is -3.96. The standard InChI is InChI=1S/C14H13N3O4S/c15-11-3-1-2-9(6-11)10-4-5-13(18)12(7-10)17-8-14(19)16-22(17,20)21/h1-8,16,18-19H,15H2. The van der Waals surface area contributed by atoms with Gasteiger partial charge in [-0.25, -0.2) is 9.03 Å². The van der Waals surface area contributed by atoms with Gasteiger partial charge in [-0.1, -0.05) is 18.2 Å². The molecule has 5 N–H and O–H groups in total. The second-order valence-electron chi connectivity index (χ2n) is 4.75. The van der Waals surface area contributed by atoms with E-state index in [4.69, 9.17) is 5.73 Å². The Labute approximate surface area is 127 Å². The highest BCUT2D eigenvalue weighted by atomic mass is 32.2. The molecule has 0 unspecified atom stereocenters. The number of rotatable bonds is 2. The Morgan fingerprint density at radius 3 is 2.41 bits per heavy atom. The van der Waals surface area contributed by atoms with Crippen LogP contribution in [0.3, 0.4) is 0 Å². The third-order valence-corrected chi connectivity index (χ3v) is 4.45. The van der Waals surface area contributed by atoms with Gasteiger partial charge in [0.15, 0.2) is 0 Å². The van der Waals surface area contributed by atoms with Crippen molar-refractivity contribution in [3.05, 3.63) is 54.5 Å². The number of nitrogens with two attached hydrogens (primary N) is 1. The third kappa shape index (κ3) is 2.40. The number of hydrogen-bond acceptors (Lipinski definition) is 5. The Morgan fingerprint density at radius 2 is 1.77 bits per heavy atom. The highest BCUT2D eigenvalue weighted by Crippen LogP contribution is 2.35. The van der Waals surface area contributed by atoms with Gasteiger partial charge in [0.05, 0.1) is 6.20 Å². The van der Waals surface area contributed by atoms with Crippen molar-refractivity contribution in [1.29, 1.82) is 0 Å². The Bertz CT molecular complexity index is 877. The van der Waals surface area contributed by atoms with E-state index in [1.54, 1.807) is 24.3 Å². The summed E-state index contributed by atoms with van der Waals surface area (Å²) >= 11 is 0. The molecule has 0 fully saturated rings. The molecule has 0 bridgehead atoms. The SMILES string of the molecule is Nc1cccc(-c2ccc(O)c(N3C=C(O)NS3(=O)=O)c2)c1. The number of phenolic OH excluding ortho intramolecular Hbond substituents is 1. The van der Waals surface area contributed by atoms with Crippen LogP contribution in [0, 0.1) is 0 Å². The van der Waals surface area contributed by atoms with Crippen LogP contribution in [-0.2, 0) is 10.2 Å². The van der Waals surface area contributed by atoms with Gasteiger partial charge in [0.2, 0.25) is 5.88 Å². The van der Waals surface area contributed by atoms with Crippen LogP contribution in [0.25, 0.3) is 11.1 Å². The summed E-state index contributed by atoms with van der Waals surface area (Å²) in [5.41, 5.74) is 7.79. The number of aliphatic hydroxyl groups is 1. The minimum absolute atomic E-state index is 0.0245. The molecule has 1 aliphatic heterocycles. The third-order valence-electron chi connectivity index (χ3n) is 3.16. The van der Waals surface area contributed by atoms with Crippen LogP contribution in [0.4, 0.5) is 11.4 Å². The van der Waals surface area contributed by atoms with E-state index in [0.717, 1.165) is 16.1 Å². The molecule has 8 heteroatoms. The maximum absolute atomic E-state index is 11.9. The summed E-state index contributed by atoms with van der Waals surface area (Å²) in [5.74, 6) is -0.752. The van der Waals surface area contributed by atoms with Crippen molar-refractivity contribution in [2.75, 3.05) is 10.0 Å². The second kappa shape index (κ2) is 4.85. The van der Waals surface area contributed by atoms with Gasteiger partial charge >= 0.3 is 10.2 Å². The molecule has 2 aromatic rings. The first-order chi connectivity index (χ1) is 10.4. The number of benzene rings is 2. The molecule has 0 radical (unpaired) electrons. The molecule has 3 rings (SSSR count). The number of nitrogens with zero attached hydrogens (tertiary/aromatic N) is 1. The smallest absolute Gasteiger partial charge is 0.330 e. The predicted molar refractivity (Wildman–Crippen MR) is 83.2 cm³/mol. The summed E-state index contributed by atoms with van der Waals surface area (Å²) in [6.45, 7) is 0. The number of nitrogens with one attached hydrogen (secondary N) is 1. The molecule has 0 spiro atoms. The zero-order valence-corrected chi connectivity index (χ0v) is 12.1. The van der Waals surface area contributed by atoms with Crippen LogP contribution in [0.15, 0.2) is 54.5 Å². The van der Waals surface area contributed by atoms with Crippen molar-refractivity contribution < 1.29 is 18.6 Å². The fraction of sp³-hybridized carbons (Fsp3) is 0. The van der Waals surface area contributed by atoms with E-state index in [2.05, 4.69) is 0 Å². The highest BCUT2D eigenvalue weighted by molar-refractivity contribution is 7.91. The molecule has 114 valence electrons. The average molecular weight is 319 g/mol. The Hall–Kier alpha value is -2.87. The lowest BCUT2D eigenvalue weighted by Gasteiger charge is -2.16. The normalized spacial score (nSPS) is 16.2. The number of nitrogen functional groups attached to an aromatic ring is 1. The number of aromatic hydroxyl groups is 1. The molecule has 1 aliphatic rings. The lowest BCUT2D eigenvalue weighted by atomic mass is 10.0. The Kier molecular flexibility index (Phi) is 3.10. The van der Waals surface area contributed by atoms with Crippen LogP contribution in [0.5, 0.6) is 5.75 Å². The molecule has 22 heavy (non-hydrogen) atoms. The van der Waals surface area contributed by atoms with E-state index in [1.807, 2.05) is 10.8 Å². The molecular weight excluding hydrogens is 306 g/mol. The van der Waals surface area contributed by atoms with Crippen LogP contribution >= 0.6 is 0 Å². The van der Waals surface area contributed by atoms with Gasteiger partial charge < -0.3 is 15.9 Å². The van der Waals surface area contributed by atoms with Crippen molar-refractivity contribution in [3.8, 4) is 16.9 Å². The van der Waals surface area contributed by atoms with Crippen molar-refractivity contribution in [2.45, 2.75) is 0 Å². The lowest BCUT2D eigenvalue weighted by Crippen LogP contribution is -2.29. The van der Waals surface area contributed by atoms with Gasteiger partial charge in [-0.3, -0.25) is 0 Å². The van der Waals surface area contributed by atoms with Crippen molar-refractivity contribution in [2.24, 2.45) is 0 Å². The molecule has 0 amide bonds. The fourth-order valence-corrected chi connectivity index (χ4v) is 3.24. The monoisotopic (exact) mass is 319 g/mol. The molecule has 0 aliphatic carbocycles. The van der Waals surface area contributed by atoms with E-state index >= 15 is 0 Å². The average Bonchev–Trinajstić information content (AvgIpc) is 2.72. The predicted octanol–water partition coefficient (Wildman–Crippen LogP) is 1.65. The first-order valence-corrected chi connectivity index (χ1v) is 7.73. The zero-order valence-electron chi connectivity index (χ0n) is 11.3. The minimum Gasteiger partial charge on any atom is -0.506 e. The number of hydrogen-bond donors (Lipinski definition) is 4. The molecule has 7 nitrogen and oxygen atoms in total. The summed E-state index contributed by atoms with van der Waals surface area (Å²) < 4.78 is 26.5. The molecule has 0 atom stereocenters. The van der Waals surface area contributed by atoms with Gasteiger partial charge in [0, 0.05) is 5.69 Å². The van der Waals surface area contributed by atoms with Crippen LogP contribution in [0.1, 0.15) is 0 Å². The first kappa shape index (κ1) is 14.1. The summed E-state index contributed by atoms with van der Waals surface area (Å²) in [4.78, 5) is 0. The van der Waals surface area contributed by atoms with Crippen molar-refractivity contribution in [1.82, 2.24) is 4.72 Å². The largest absolute Gasteiger partial charge is 0.506 e. The number of anilines is 2. The van der Waals surface area contributed by atoms with E-state index in [-0.39, 0.29) is 11.4 Å². The van der Waals surface area contributed by atoms with E-state index in [1.165, 1.54) is 12.1 Å². The van der Waals surface area contributed by atoms with Crippen molar-refractivity contribution >= 4 is 21.6 Å². The maximum Gasteiger partial charge on any atom is 0.330 e. The molecule has 2 aromatic carbocycles. The molecule has 0 saturated carbocycles. The Balaban J connectivity index is 2.12. The van der Waals surface area contributed by atoms with E-state index < -0.39 is 16.1 Å². The quantitative estimate of drug-likeness (QED) is 0.628. The molecule has 0 aromatic heterocycles.